The van der Waals surface area contributed by atoms with Crippen LogP contribution in [0.15, 0.2) is 53.4 Å². The fourth-order valence-corrected chi connectivity index (χ4v) is 3.29. The second-order valence-electron chi connectivity index (χ2n) is 6.11. The average Bonchev–Trinajstić information content (AvgIpc) is 2.58. The Morgan fingerprint density at radius 2 is 1.67 bits per heavy atom. The van der Waals surface area contributed by atoms with Crippen molar-refractivity contribution in [1.82, 2.24) is 5.32 Å². The van der Waals surface area contributed by atoms with Crippen molar-refractivity contribution in [3.05, 3.63) is 59.7 Å². The van der Waals surface area contributed by atoms with Gasteiger partial charge in [-0.3, -0.25) is 0 Å². The number of rotatable bonds is 7. The summed E-state index contributed by atoms with van der Waals surface area (Å²) in [5, 5.41) is 3.50. The van der Waals surface area contributed by atoms with Crippen molar-refractivity contribution < 1.29 is 13.2 Å². The Bertz CT molecular complexity index is 769. The highest BCUT2D eigenvalue weighted by Gasteiger charge is 2.13. The molecule has 2 aromatic carbocycles. The van der Waals surface area contributed by atoms with Crippen molar-refractivity contribution in [2.45, 2.75) is 30.7 Å². The molecule has 1 N–H and O–H groups in total. The molecule has 24 heavy (non-hydrogen) atoms. The molecule has 0 saturated heterocycles. The van der Waals surface area contributed by atoms with Crippen LogP contribution in [0.2, 0.25) is 0 Å². The molecule has 0 saturated carbocycles. The number of ether oxygens (including phenoxy) is 1. The molecule has 0 heterocycles. The summed E-state index contributed by atoms with van der Waals surface area (Å²) in [5.74, 6) is 1.20. The van der Waals surface area contributed by atoms with E-state index in [9.17, 15) is 8.42 Å². The van der Waals surface area contributed by atoms with Gasteiger partial charge in [0.05, 0.1) is 12.0 Å². The second kappa shape index (κ2) is 7.81. The summed E-state index contributed by atoms with van der Waals surface area (Å²) >= 11 is 0. The molecule has 0 aromatic heterocycles. The van der Waals surface area contributed by atoms with E-state index >= 15 is 0 Å². The van der Waals surface area contributed by atoms with Crippen molar-refractivity contribution in [2.75, 3.05) is 19.9 Å². The van der Waals surface area contributed by atoms with Gasteiger partial charge in [0.2, 0.25) is 0 Å². The third-order valence-electron chi connectivity index (χ3n) is 4.21. The van der Waals surface area contributed by atoms with E-state index in [1.165, 1.54) is 11.8 Å². The molecule has 0 amide bonds. The van der Waals surface area contributed by atoms with Crippen LogP contribution in [0.3, 0.4) is 0 Å². The van der Waals surface area contributed by atoms with Gasteiger partial charge >= 0.3 is 0 Å². The van der Waals surface area contributed by atoms with Gasteiger partial charge in [0.15, 0.2) is 9.84 Å². The first-order valence-corrected chi connectivity index (χ1v) is 9.88. The first-order chi connectivity index (χ1) is 11.3. The molecule has 0 fully saturated rings. The molecule has 2 aromatic rings. The summed E-state index contributed by atoms with van der Waals surface area (Å²) in [6.45, 7) is 5.03. The van der Waals surface area contributed by atoms with Gasteiger partial charge in [-0.05, 0) is 42.2 Å². The zero-order valence-electron chi connectivity index (χ0n) is 14.6. The minimum atomic E-state index is -3.15. The zero-order chi connectivity index (χ0) is 17.7. The molecule has 2 atom stereocenters. The number of para-hydroxylation sites is 1. The molecular formula is C19H25NO3S. The van der Waals surface area contributed by atoms with Crippen LogP contribution in [0.4, 0.5) is 0 Å². The van der Waals surface area contributed by atoms with Gasteiger partial charge in [-0.2, -0.15) is 0 Å². The van der Waals surface area contributed by atoms with Crippen molar-refractivity contribution in [1.29, 1.82) is 0 Å². The quantitative estimate of drug-likeness (QED) is 0.832. The van der Waals surface area contributed by atoms with Gasteiger partial charge in [0.1, 0.15) is 5.75 Å². The summed E-state index contributed by atoms with van der Waals surface area (Å²) in [7, 11) is -1.46. The van der Waals surface area contributed by atoms with Crippen LogP contribution in [-0.4, -0.2) is 28.3 Å². The van der Waals surface area contributed by atoms with Gasteiger partial charge in [-0.25, -0.2) is 8.42 Å². The molecule has 0 spiro atoms. The molecule has 0 aliphatic rings. The van der Waals surface area contributed by atoms with E-state index in [1.807, 2.05) is 30.3 Å². The van der Waals surface area contributed by atoms with Crippen molar-refractivity contribution in [3.63, 3.8) is 0 Å². The lowest BCUT2D eigenvalue weighted by molar-refractivity contribution is 0.404. The fraction of sp³-hybridized carbons (Fsp3) is 0.368. The van der Waals surface area contributed by atoms with Crippen molar-refractivity contribution in [3.8, 4) is 5.75 Å². The third kappa shape index (κ3) is 4.58. The fourth-order valence-electron chi connectivity index (χ4n) is 2.66. The maximum absolute atomic E-state index is 11.5. The van der Waals surface area contributed by atoms with Crippen LogP contribution in [-0.2, 0) is 9.84 Å². The molecule has 0 unspecified atom stereocenters. The van der Waals surface area contributed by atoms with Crippen molar-refractivity contribution in [2.24, 2.45) is 0 Å². The number of methoxy groups -OCH3 is 1. The Morgan fingerprint density at radius 3 is 2.25 bits per heavy atom. The van der Waals surface area contributed by atoms with Crippen LogP contribution in [0, 0.1) is 0 Å². The normalized spacial score (nSPS) is 14.2. The van der Waals surface area contributed by atoms with Gasteiger partial charge in [-0.1, -0.05) is 37.3 Å². The van der Waals surface area contributed by atoms with E-state index in [0.717, 1.165) is 17.9 Å². The number of hydrogen-bond acceptors (Lipinski definition) is 4. The van der Waals surface area contributed by atoms with Crippen molar-refractivity contribution >= 4 is 9.84 Å². The molecule has 0 radical (unpaired) electrons. The Balaban J connectivity index is 2.01. The minimum absolute atomic E-state index is 0.135. The lowest BCUT2D eigenvalue weighted by atomic mass is 9.99. The number of nitrogens with one attached hydrogen (secondary N) is 1. The monoisotopic (exact) mass is 347 g/mol. The van der Waals surface area contributed by atoms with Crippen LogP contribution in [0.1, 0.15) is 36.9 Å². The van der Waals surface area contributed by atoms with Crippen LogP contribution in [0.25, 0.3) is 0 Å². The smallest absolute Gasteiger partial charge is 0.175 e. The summed E-state index contributed by atoms with van der Waals surface area (Å²) in [6, 6.07) is 15.2. The molecule has 5 heteroatoms. The molecular weight excluding hydrogens is 322 g/mol. The van der Waals surface area contributed by atoms with Crippen LogP contribution >= 0.6 is 0 Å². The highest BCUT2D eigenvalue weighted by molar-refractivity contribution is 7.90. The minimum Gasteiger partial charge on any atom is -0.496 e. The molecule has 130 valence electrons. The lowest BCUT2D eigenvalue weighted by Crippen LogP contribution is -2.23. The standard InChI is InChI=1S/C19H25NO3S/c1-14(18-7-5-6-8-19(18)23-3)13-20-15(2)16-9-11-17(12-10-16)24(4,21)22/h5-12,14-15,20H,13H2,1-4H3/t14-,15+/m1/s1. The number of benzene rings is 2. The second-order valence-corrected chi connectivity index (χ2v) is 8.13. The van der Waals surface area contributed by atoms with E-state index in [1.54, 1.807) is 19.2 Å². The van der Waals surface area contributed by atoms with Gasteiger partial charge in [-0.15, -0.1) is 0 Å². The van der Waals surface area contributed by atoms with Crippen LogP contribution in [0.5, 0.6) is 5.75 Å². The van der Waals surface area contributed by atoms with Gasteiger partial charge in [0, 0.05) is 18.8 Å². The maximum Gasteiger partial charge on any atom is 0.175 e. The molecule has 2 rings (SSSR count). The van der Waals surface area contributed by atoms with Crippen LogP contribution < -0.4 is 10.1 Å². The predicted molar refractivity (Wildman–Crippen MR) is 97.4 cm³/mol. The van der Waals surface area contributed by atoms with E-state index in [0.29, 0.717) is 10.8 Å². The van der Waals surface area contributed by atoms with E-state index in [-0.39, 0.29) is 6.04 Å². The molecule has 4 nitrogen and oxygen atoms in total. The van der Waals surface area contributed by atoms with E-state index < -0.39 is 9.84 Å². The Hall–Kier alpha value is -1.85. The SMILES string of the molecule is COc1ccccc1[C@H](C)CN[C@@H](C)c1ccc(S(C)(=O)=O)cc1. The average molecular weight is 347 g/mol. The number of sulfone groups is 1. The zero-order valence-corrected chi connectivity index (χ0v) is 15.4. The van der Waals surface area contributed by atoms with Gasteiger partial charge < -0.3 is 10.1 Å². The summed E-state index contributed by atoms with van der Waals surface area (Å²) in [4.78, 5) is 0.348. The Labute approximate surface area is 144 Å². The molecule has 0 aliphatic heterocycles. The topological polar surface area (TPSA) is 55.4 Å². The highest BCUT2D eigenvalue weighted by Crippen LogP contribution is 2.26. The highest BCUT2D eigenvalue weighted by atomic mass is 32.2. The summed E-state index contributed by atoms with van der Waals surface area (Å²) < 4.78 is 28.5. The Morgan fingerprint density at radius 1 is 1.04 bits per heavy atom. The van der Waals surface area contributed by atoms with E-state index in [4.69, 9.17) is 4.74 Å². The lowest BCUT2D eigenvalue weighted by Gasteiger charge is -2.20. The number of hydrogen-bond donors (Lipinski definition) is 1. The van der Waals surface area contributed by atoms with E-state index in [2.05, 4.69) is 25.2 Å². The molecule has 0 bridgehead atoms. The first-order valence-electron chi connectivity index (χ1n) is 7.99. The predicted octanol–water partition coefficient (Wildman–Crippen LogP) is 3.55. The maximum atomic E-state index is 11.5. The summed E-state index contributed by atoms with van der Waals surface area (Å²) in [5.41, 5.74) is 2.24. The Kier molecular flexibility index (Phi) is 6.02. The van der Waals surface area contributed by atoms with Gasteiger partial charge in [0.25, 0.3) is 0 Å². The molecule has 0 aliphatic carbocycles. The summed E-state index contributed by atoms with van der Waals surface area (Å²) in [6.07, 6.45) is 1.22. The third-order valence-corrected chi connectivity index (χ3v) is 5.34. The largest absolute Gasteiger partial charge is 0.496 e. The first kappa shape index (κ1) is 18.5.